The van der Waals surface area contributed by atoms with Gasteiger partial charge in [0.05, 0.1) is 33.2 Å². The molecule has 1 atom stereocenters. The van der Waals surface area contributed by atoms with Gasteiger partial charge in [-0.2, -0.15) is 8.73 Å². The molecule has 1 unspecified atom stereocenters. The number of nitrogens with one attached hydrogen (secondary N) is 1. The van der Waals surface area contributed by atoms with Crippen molar-refractivity contribution in [3.63, 3.8) is 0 Å². The standard InChI is InChI=1S/C11H11Cl2N3O2S/c1-5(17)2-3-8(18)14-9-6(12)4-7(13)10-11(9)16-19-15-10/h4-5,17H,2-3H2,1H3,(H,14,18). The number of hydrogen-bond acceptors (Lipinski definition) is 4. The Morgan fingerprint density at radius 2 is 2.11 bits per heavy atom. The van der Waals surface area contributed by atoms with Gasteiger partial charge in [-0.05, 0) is 19.4 Å². The van der Waals surface area contributed by atoms with Crippen LogP contribution in [0, 0.1) is 0 Å². The Hall–Kier alpha value is -0.950. The van der Waals surface area contributed by atoms with Gasteiger partial charge in [0.2, 0.25) is 5.91 Å². The molecule has 0 radical (unpaired) electrons. The van der Waals surface area contributed by atoms with Gasteiger partial charge in [-0.3, -0.25) is 4.79 Å². The fourth-order valence-electron chi connectivity index (χ4n) is 1.53. The molecule has 0 aromatic heterocycles. The average molecular weight is 320 g/mol. The van der Waals surface area contributed by atoms with Crippen LogP contribution < -0.4 is 5.32 Å². The number of fused-ring (bicyclic) bond motifs is 1. The summed E-state index contributed by atoms with van der Waals surface area (Å²) < 4.78 is 8.14. The molecule has 0 saturated carbocycles. The van der Waals surface area contributed by atoms with Gasteiger partial charge in [0.15, 0.2) is 0 Å². The first-order chi connectivity index (χ1) is 8.99. The van der Waals surface area contributed by atoms with E-state index in [-0.39, 0.29) is 12.3 Å². The summed E-state index contributed by atoms with van der Waals surface area (Å²) in [6, 6.07) is 1.52. The molecule has 1 aromatic rings. The van der Waals surface area contributed by atoms with Crippen molar-refractivity contribution in [2.75, 3.05) is 5.32 Å². The Labute approximate surface area is 123 Å². The quantitative estimate of drug-likeness (QED) is 0.898. The lowest BCUT2D eigenvalue weighted by atomic mass is 10.2. The molecule has 8 heteroatoms. The van der Waals surface area contributed by atoms with Crippen molar-refractivity contribution in [3.8, 4) is 0 Å². The zero-order chi connectivity index (χ0) is 14.0. The molecule has 1 aromatic carbocycles. The molecule has 0 saturated heterocycles. The predicted octanol–water partition coefficient (Wildman–Crippen LogP) is 3.82. The van der Waals surface area contributed by atoms with Crippen LogP contribution in [0.4, 0.5) is 17.1 Å². The second-order valence-electron chi connectivity index (χ2n) is 4.11. The van der Waals surface area contributed by atoms with Gasteiger partial charge in [-0.1, -0.05) is 23.2 Å². The van der Waals surface area contributed by atoms with Crippen molar-refractivity contribution in [3.05, 3.63) is 16.1 Å². The molecule has 0 fully saturated rings. The highest BCUT2D eigenvalue weighted by Gasteiger charge is 2.20. The van der Waals surface area contributed by atoms with Crippen molar-refractivity contribution in [2.24, 2.45) is 8.73 Å². The highest BCUT2D eigenvalue weighted by atomic mass is 35.5. The van der Waals surface area contributed by atoms with Gasteiger partial charge in [-0.15, -0.1) is 0 Å². The predicted molar refractivity (Wildman–Crippen MR) is 77.5 cm³/mol. The highest BCUT2D eigenvalue weighted by molar-refractivity contribution is 7.58. The number of halogens is 2. The van der Waals surface area contributed by atoms with Crippen LogP contribution in [0.2, 0.25) is 10.0 Å². The fourth-order valence-corrected chi connectivity index (χ4v) is 2.69. The molecular formula is C11H11Cl2N3O2S. The van der Waals surface area contributed by atoms with Crippen LogP contribution in [0.1, 0.15) is 19.8 Å². The van der Waals surface area contributed by atoms with Crippen molar-refractivity contribution in [1.29, 1.82) is 0 Å². The number of amides is 1. The normalized spacial score (nSPS) is 13.9. The monoisotopic (exact) mass is 319 g/mol. The molecule has 2 N–H and O–H groups in total. The summed E-state index contributed by atoms with van der Waals surface area (Å²) in [5, 5.41) is 12.6. The highest BCUT2D eigenvalue weighted by Crippen LogP contribution is 2.47. The Bertz CT molecular complexity index is 598. The lowest BCUT2D eigenvalue weighted by Gasteiger charge is -2.11. The minimum absolute atomic E-state index is 0.204. The first kappa shape index (κ1) is 14.5. The Morgan fingerprint density at radius 3 is 2.79 bits per heavy atom. The first-order valence-electron chi connectivity index (χ1n) is 5.57. The SMILES string of the molecule is CC(O)CCC(=O)Nc1c(Cl)cc(Cl)c2c1N=S=N2. The second kappa shape index (κ2) is 6.00. The van der Waals surface area contributed by atoms with Crippen LogP contribution >= 0.6 is 23.2 Å². The van der Waals surface area contributed by atoms with E-state index in [9.17, 15) is 4.79 Å². The number of nitrogens with zero attached hydrogens (tertiary/aromatic N) is 2. The number of hydrogen-bond donors (Lipinski definition) is 2. The van der Waals surface area contributed by atoms with E-state index in [1.54, 1.807) is 6.92 Å². The number of aliphatic hydroxyl groups is 1. The Balaban J connectivity index is 2.20. The van der Waals surface area contributed by atoms with Crippen LogP contribution in [-0.4, -0.2) is 17.1 Å². The van der Waals surface area contributed by atoms with Crippen LogP contribution in [-0.2, 0) is 16.1 Å². The molecule has 1 aliphatic rings. The minimum Gasteiger partial charge on any atom is -0.393 e. The molecule has 1 aliphatic heterocycles. The van der Waals surface area contributed by atoms with Crippen molar-refractivity contribution in [2.45, 2.75) is 25.9 Å². The van der Waals surface area contributed by atoms with Gasteiger partial charge in [0.25, 0.3) is 0 Å². The van der Waals surface area contributed by atoms with Crippen LogP contribution in [0.15, 0.2) is 14.8 Å². The van der Waals surface area contributed by atoms with E-state index in [0.29, 0.717) is 33.5 Å². The Morgan fingerprint density at radius 1 is 1.42 bits per heavy atom. The summed E-state index contributed by atoms with van der Waals surface area (Å²) in [5.41, 5.74) is 1.40. The zero-order valence-corrected chi connectivity index (χ0v) is 12.3. The van der Waals surface area contributed by atoms with Gasteiger partial charge in [0, 0.05) is 6.42 Å². The number of carbonyl (C=O) groups excluding carboxylic acids is 1. The zero-order valence-electron chi connectivity index (χ0n) is 9.98. The summed E-state index contributed by atoms with van der Waals surface area (Å²) in [7, 11) is 0. The Kier molecular flexibility index (Phi) is 4.57. The van der Waals surface area contributed by atoms with Crippen molar-refractivity contribution in [1.82, 2.24) is 0 Å². The minimum atomic E-state index is -0.521. The first-order valence-corrected chi connectivity index (χ1v) is 7.06. The van der Waals surface area contributed by atoms with E-state index < -0.39 is 6.10 Å². The van der Waals surface area contributed by atoms with E-state index in [0.717, 1.165) is 11.4 Å². The molecule has 0 spiro atoms. The van der Waals surface area contributed by atoms with E-state index in [1.165, 1.54) is 6.07 Å². The van der Waals surface area contributed by atoms with Crippen LogP contribution in [0.3, 0.4) is 0 Å². The average Bonchev–Trinajstić information content (AvgIpc) is 2.81. The largest absolute Gasteiger partial charge is 0.393 e. The second-order valence-corrected chi connectivity index (χ2v) is 5.46. The third-order valence-corrected chi connectivity index (χ3v) is 3.61. The topological polar surface area (TPSA) is 74.0 Å². The molecule has 1 heterocycles. The number of carbonyl (C=O) groups is 1. The summed E-state index contributed by atoms with van der Waals surface area (Å²) in [6.07, 6.45) is 0.0675. The van der Waals surface area contributed by atoms with Crippen molar-refractivity contribution >= 4 is 57.5 Å². The smallest absolute Gasteiger partial charge is 0.224 e. The molecular weight excluding hydrogens is 309 g/mol. The summed E-state index contributed by atoms with van der Waals surface area (Å²) >= 11 is 13.1. The number of benzene rings is 1. The van der Waals surface area contributed by atoms with E-state index in [1.807, 2.05) is 0 Å². The van der Waals surface area contributed by atoms with Gasteiger partial charge in [0.1, 0.15) is 11.4 Å². The molecule has 5 nitrogen and oxygen atoms in total. The summed E-state index contributed by atoms with van der Waals surface area (Å²) in [5.74, 6) is -0.237. The van der Waals surface area contributed by atoms with E-state index in [4.69, 9.17) is 28.3 Å². The lowest BCUT2D eigenvalue weighted by Crippen LogP contribution is -2.14. The molecule has 0 bridgehead atoms. The fraction of sp³-hybridized carbons (Fsp3) is 0.364. The van der Waals surface area contributed by atoms with Gasteiger partial charge >= 0.3 is 0 Å². The number of aliphatic hydroxyl groups excluding tert-OH is 1. The molecule has 102 valence electrons. The maximum Gasteiger partial charge on any atom is 0.224 e. The van der Waals surface area contributed by atoms with E-state index >= 15 is 0 Å². The van der Waals surface area contributed by atoms with Crippen LogP contribution in [0.25, 0.3) is 0 Å². The molecule has 2 rings (SSSR count). The van der Waals surface area contributed by atoms with Gasteiger partial charge in [-0.25, -0.2) is 0 Å². The van der Waals surface area contributed by atoms with E-state index in [2.05, 4.69) is 14.0 Å². The number of anilines is 1. The van der Waals surface area contributed by atoms with Gasteiger partial charge < -0.3 is 10.4 Å². The van der Waals surface area contributed by atoms with Crippen LogP contribution in [0.5, 0.6) is 0 Å². The summed E-state index contributed by atoms with van der Waals surface area (Å²) in [4.78, 5) is 11.8. The molecule has 1 amide bonds. The third kappa shape index (κ3) is 3.33. The van der Waals surface area contributed by atoms with Crippen molar-refractivity contribution < 1.29 is 9.90 Å². The third-order valence-electron chi connectivity index (χ3n) is 2.50. The molecule has 19 heavy (non-hydrogen) atoms. The number of rotatable bonds is 4. The maximum atomic E-state index is 11.8. The maximum absolute atomic E-state index is 11.8. The summed E-state index contributed by atoms with van der Waals surface area (Å²) in [6.45, 7) is 1.63. The molecule has 0 aliphatic carbocycles. The lowest BCUT2D eigenvalue weighted by molar-refractivity contribution is -0.116.